The van der Waals surface area contributed by atoms with E-state index in [0.717, 1.165) is 28.2 Å². The molecule has 0 saturated carbocycles. The van der Waals surface area contributed by atoms with Crippen molar-refractivity contribution in [2.45, 2.75) is 26.4 Å². The Bertz CT molecular complexity index is 785. The summed E-state index contributed by atoms with van der Waals surface area (Å²) in [5.74, 6) is 2.97. The van der Waals surface area contributed by atoms with Crippen LogP contribution in [-0.4, -0.2) is 23.1 Å². The van der Waals surface area contributed by atoms with Crippen molar-refractivity contribution in [2.24, 2.45) is 0 Å². The largest absolute Gasteiger partial charge is 0.497 e. The number of fused-ring (bicyclic) bond motifs is 1. The second kappa shape index (κ2) is 6.56. The van der Waals surface area contributed by atoms with Crippen molar-refractivity contribution in [1.29, 1.82) is 0 Å². The maximum absolute atomic E-state index is 5.36. The Morgan fingerprint density at radius 1 is 1.22 bits per heavy atom. The molecule has 2 aromatic heterocycles. The highest BCUT2D eigenvalue weighted by molar-refractivity contribution is 5.91. The van der Waals surface area contributed by atoms with Gasteiger partial charge in [-0.25, -0.2) is 4.98 Å². The molecule has 0 unspecified atom stereocenters. The Hall–Kier alpha value is -2.76. The molecule has 0 aliphatic carbocycles. The summed E-state index contributed by atoms with van der Waals surface area (Å²) in [5, 5.41) is 7.49. The molecule has 0 aliphatic rings. The molecule has 0 atom stereocenters. The number of benzene rings is 1. The molecular formula is C17H20N4O2. The van der Waals surface area contributed by atoms with E-state index in [1.165, 1.54) is 0 Å². The highest BCUT2D eigenvalue weighted by atomic mass is 16.5. The van der Waals surface area contributed by atoms with E-state index in [1.807, 2.05) is 30.3 Å². The Balaban J connectivity index is 1.98. The van der Waals surface area contributed by atoms with Crippen LogP contribution in [0.25, 0.3) is 10.9 Å². The fourth-order valence-corrected chi connectivity index (χ4v) is 2.28. The number of aromatic nitrogens is 2. The average Bonchev–Trinajstić information content (AvgIpc) is 3.04. The van der Waals surface area contributed by atoms with Crippen LogP contribution in [-0.2, 0) is 6.54 Å². The van der Waals surface area contributed by atoms with Crippen LogP contribution >= 0.6 is 0 Å². The number of nitrogens with one attached hydrogen (secondary N) is 2. The van der Waals surface area contributed by atoms with E-state index in [-0.39, 0.29) is 6.04 Å². The lowest BCUT2D eigenvalue weighted by atomic mass is 10.2. The number of ether oxygens (including phenoxy) is 1. The van der Waals surface area contributed by atoms with Gasteiger partial charge >= 0.3 is 0 Å². The lowest BCUT2D eigenvalue weighted by Gasteiger charge is -2.13. The number of anilines is 2. The minimum absolute atomic E-state index is 0.246. The summed E-state index contributed by atoms with van der Waals surface area (Å²) in [6.45, 7) is 4.66. The zero-order chi connectivity index (χ0) is 16.2. The number of hydrogen-bond acceptors (Lipinski definition) is 6. The van der Waals surface area contributed by atoms with Crippen molar-refractivity contribution in [1.82, 2.24) is 9.97 Å². The van der Waals surface area contributed by atoms with Crippen LogP contribution in [0.15, 0.2) is 41.0 Å². The summed E-state index contributed by atoms with van der Waals surface area (Å²) in [6, 6.07) is 9.80. The van der Waals surface area contributed by atoms with Gasteiger partial charge in [0.25, 0.3) is 0 Å². The van der Waals surface area contributed by atoms with Crippen LogP contribution < -0.4 is 15.4 Å². The van der Waals surface area contributed by atoms with Crippen LogP contribution in [0.4, 0.5) is 11.8 Å². The quantitative estimate of drug-likeness (QED) is 0.723. The van der Waals surface area contributed by atoms with Crippen molar-refractivity contribution in [3.05, 3.63) is 42.4 Å². The third-order valence-corrected chi connectivity index (χ3v) is 3.33. The molecule has 2 N–H and O–H groups in total. The predicted molar refractivity (Wildman–Crippen MR) is 90.9 cm³/mol. The Morgan fingerprint density at radius 3 is 2.78 bits per heavy atom. The van der Waals surface area contributed by atoms with Gasteiger partial charge in [0, 0.05) is 17.5 Å². The summed E-state index contributed by atoms with van der Waals surface area (Å²) in [7, 11) is 1.64. The van der Waals surface area contributed by atoms with Crippen molar-refractivity contribution < 1.29 is 9.15 Å². The van der Waals surface area contributed by atoms with Crippen molar-refractivity contribution in [2.75, 3.05) is 17.7 Å². The van der Waals surface area contributed by atoms with Crippen LogP contribution in [0, 0.1) is 0 Å². The number of rotatable bonds is 6. The van der Waals surface area contributed by atoms with Gasteiger partial charge in [0.15, 0.2) is 0 Å². The third-order valence-electron chi connectivity index (χ3n) is 3.33. The van der Waals surface area contributed by atoms with Crippen LogP contribution in [0.3, 0.4) is 0 Å². The Labute approximate surface area is 134 Å². The lowest BCUT2D eigenvalue weighted by Crippen LogP contribution is -2.14. The summed E-state index contributed by atoms with van der Waals surface area (Å²) in [4.78, 5) is 9.14. The predicted octanol–water partition coefficient (Wildman–Crippen LogP) is 3.66. The monoisotopic (exact) mass is 312 g/mol. The van der Waals surface area contributed by atoms with E-state index >= 15 is 0 Å². The molecule has 0 saturated heterocycles. The topological polar surface area (TPSA) is 72.2 Å². The first-order chi connectivity index (χ1) is 11.2. The Kier molecular flexibility index (Phi) is 4.32. The molecular weight excluding hydrogens is 292 g/mol. The molecule has 0 radical (unpaired) electrons. The summed E-state index contributed by atoms with van der Waals surface area (Å²) in [5.41, 5.74) is 0.824. The normalized spacial score (nSPS) is 11.0. The molecule has 0 bridgehead atoms. The lowest BCUT2D eigenvalue weighted by molar-refractivity contribution is 0.415. The van der Waals surface area contributed by atoms with E-state index in [2.05, 4.69) is 34.4 Å². The number of furan rings is 1. The number of methoxy groups -OCH3 is 1. The van der Waals surface area contributed by atoms with Gasteiger partial charge in [-0.2, -0.15) is 4.98 Å². The summed E-state index contributed by atoms with van der Waals surface area (Å²) < 4.78 is 10.6. The highest BCUT2D eigenvalue weighted by Crippen LogP contribution is 2.26. The third kappa shape index (κ3) is 3.53. The molecule has 0 aliphatic heterocycles. The first-order valence-electron chi connectivity index (χ1n) is 7.54. The average molecular weight is 312 g/mol. The summed E-state index contributed by atoms with van der Waals surface area (Å²) >= 11 is 0. The van der Waals surface area contributed by atoms with Crippen molar-refractivity contribution >= 4 is 22.7 Å². The number of hydrogen-bond donors (Lipinski definition) is 2. The van der Waals surface area contributed by atoms with Crippen LogP contribution in [0.5, 0.6) is 5.75 Å². The molecule has 2 heterocycles. The first kappa shape index (κ1) is 15.1. The molecule has 0 amide bonds. The van der Waals surface area contributed by atoms with Crippen molar-refractivity contribution in [3.63, 3.8) is 0 Å². The molecule has 3 rings (SSSR count). The van der Waals surface area contributed by atoms with E-state index in [1.54, 1.807) is 13.4 Å². The maximum Gasteiger partial charge on any atom is 0.225 e. The van der Waals surface area contributed by atoms with Gasteiger partial charge in [0.1, 0.15) is 17.3 Å². The zero-order valence-electron chi connectivity index (χ0n) is 13.5. The molecule has 1 aromatic carbocycles. The SMILES string of the molecule is COc1ccc2c(NCc3ccco3)nc(NC(C)C)nc2c1. The van der Waals surface area contributed by atoms with Gasteiger partial charge in [-0.3, -0.25) is 0 Å². The molecule has 23 heavy (non-hydrogen) atoms. The standard InChI is InChI=1S/C17H20N4O2/c1-11(2)19-17-20-15-9-12(22-3)6-7-14(15)16(21-17)18-10-13-5-4-8-23-13/h4-9,11H,10H2,1-3H3,(H2,18,19,20,21). The van der Waals surface area contributed by atoms with E-state index < -0.39 is 0 Å². The fourth-order valence-electron chi connectivity index (χ4n) is 2.28. The first-order valence-corrected chi connectivity index (χ1v) is 7.54. The van der Waals surface area contributed by atoms with Gasteiger partial charge in [0.05, 0.1) is 25.4 Å². The smallest absolute Gasteiger partial charge is 0.225 e. The molecule has 3 aromatic rings. The highest BCUT2D eigenvalue weighted by Gasteiger charge is 2.10. The van der Waals surface area contributed by atoms with Crippen LogP contribution in [0.2, 0.25) is 0 Å². The van der Waals surface area contributed by atoms with Gasteiger partial charge in [-0.15, -0.1) is 0 Å². The van der Waals surface area contributed by atoms with Gasteiger partial charge in [0.2, 0.25) is 5.95 Å². The van der Waals surface area contributed by atoms with Gasteiger partial charge < -0.3 is 19.8 Å². The van der Waals surface area contributed by atoms with Gasteiger partial charge in [-0.05, 0) is 38.1 Å². The second-order valence-corrected chi connectivity index (χ2v) is 5.51. The Morgan fingerprint density at radius 2 is 2.09 bits per heavy atom. The molecule has 6 heteroatoms. The van der Waals surface area contributed by atoms with E-state index in [9.17, 15) is 0 Å². The van der Waals surface area contributed by atoms with E-state index in [4.69, 9.17) is 9.15 Å². The van der Waals surface area contributed by atoms with Gasteiger partial charge in [-0.1, -0.05) is 0 Å². The molecule has 0 spiro atoms. The zero-order valence-corrected chi connectivity index (χ0v) is 13.5. The molecule has 6 nitrogen and oxygen atoms in total. The second-order valence-electron chi connectivity index (χ2n) is 5.51. The van der Waals surface area contributed by atoms with E-state index in [0.29, 0.717) is 12.5 Å². The molecule has 0 fully saturated rings. The number of nitrogens with zero attached hydrogens (tertiary/aromatic N) is 2. The van der Waals surface area contributed by atoms with Crippen molar-refractivity contribution in [3.8, 4) is 5.75 Å². The minimum Gasteiger partial charge on any atom is -0.497 e. The fraction of sp³-hybridized carbons (Fsp3) is 0.294. The summed E-state index contributed by atoms with van der Waals surface area (Å²) in [6.07, 6.45) is 1.66. The van der Waals surface area contributed by atoms with Crippen LogP contribution in [0.1, 0.15) is 19.6 Å². The minimum atomic E-state index is 0.246. The molecule has 120 valence electrons. The maximum atomic E-state index is 5.36.